The summed E-state index contributed by atoms with van der Waals surface area (Å²) in [6.07, 6.45) is 3.99. The van der Waals surface area contributed by atoms with Gasteiger partial charge < -0.3 is 14.2 Å². The standard InChI is InChI=1S/C15H23NO5/c1-8-12(20-10(2)17)11-9-19-15(6,7)16(11)13(18)21-14(3,4)5/h1,11-12H,9H2,2-7H3/t11-,12+/m0/s1. The summed E-state index contributed by atoms with van der Waals surface area (Å²) in [5.41, 5.74) is -1.53. The number of rotatable bonds is 2. The van der Waals surface area contributed by atoms with E-state index < -0.39 is 35.5 Å². The maximum absolute atomic E-state index is 12.4. The zero-order chi connectivity index (χ0) is 16.4. The summed E-state index contributed by atoms with van der Waals surface area (Å²) in [6.45, 7) is 10.2. The number of ether oxygens (including phenoxy) is 3. The molecule has 0 bridgehead atoms. The van der Waals surface area contributed by atoms with Crippen LogP contribution in [0.1, 0.15) is 41.5 Å². The van der Waals surface area contributed by atoms with Crippen molar-refractivity contribution >= 4 is 12.1 Å². The fourth-order valence-electron chi connectivity index (χ4n) is 2.12. The monoisotopic (exact) mass is 297 g/mol. The fraction of sp³-hybridized carbons (Fsp3) is 0.733. The SMILES string of the molecule is C#C[C@@H](OC(C)=O)[C@@H]1COC(C)(C)N1C(=O)OC(C)(C)C. The fourth-order valence-corrected chi connectivity index (χ4v) is 2.12. The normalized spacial score (nSPS) is 22.3. The molecule has 6 nitrogen and oxygen atoms in total. The van der Waals surface area contributed by atoms with Crippen LogP contribution in [0.4, 0.5) is 4.79 Å². The van der Waals surface area contributed by atoms with Crippen LogP contribution in [-0.4, -0.2) is 47.0 Å². The van der Waals surface area contributed by atoms with Gasteiger partial charge in [-0.15, -0.1) is 6.42 Å². The third-order valence-corrected chi connectivity index (χ3v) is 2.92. The van der Waals surface area contributed by atoms with Gasteiger partial charge in [-0.1, -0.05) is 5.92 Å². The smallest absolute Gasteiger partial charge is 0.413 e. The molecule has 2 atom stereocenters. The lowest BCUT2D eigenvalue weighted by molar-refractivity contribution is -0.146. The van der Waals surface area contributed by atoms with E-state index in [1.807, 2.05) is 0 Å². The number of hydrogen-bond donors (Lipinski definition) is 0. The third-order valence-electron chi connectivity index (χ3n) is 2.92. The van der Waals surface area contributed by atoms with Crippen LogP contribution in [0.25, 0.3) is 0 Å². The van der Waals surface area contributed by atoms with Crippen LogP contribution in [0.15, 0.2) is 0 Å². The second-order valence-corrected chi connectivity index (χ2v) is 6.37. The molecule has 21 heavy (non-hydrogen) atoms. The second kappa shape index (κ2) is 5.94. The first-order valence-electron chi connectivity index (χ1n) is 6.77. The number of carbonyl (C=O) groups is 2. The van der Waals surface area contributed by atoms with E-state index in [0.29, 0.717) is 0 Å². The molecule has 1 amide bonds. The molecule has 0 N–H and O–H groups in total. The van der Waals surface area contributed by atoms with E-state index in [2.05, 4.69) is 5.92 Å². The van der Waals surface area contributed by atoms with Gasteiger partial charge in [0.2, 0.25) is 0 Å². The van der Waals surface area contributed by atoms with Gasteiger partial charge >= 0.3 is 12.1 Å². The Morgan fingerprint density at radius 3 is 2.43 bits per heavy atom. The summed E-state index contributed by atoms with van der Waals surface area (Å²) in [6, 6.07) is -0.580. The predicted molar refractivity (Wildman–Crippen MR) is 76.3 cm³/mol. The zero-order valence-electron chi connectivity index (χ0n) is 13.4. The van der Waals surface area contributed by atoms with E-state index in [1.165, 1.54) is 11.8 Å². The summed E-state index contributed by atoms with van der Waals surface area (Å²) >= 11 is 0. The highest BCUT2D eigenvalue weighted by atomic mass is 16.6. The van der Waals surface area contributed by atoms with Crippen LogP contribution < -0.4 is 0 Å². The molecule has 0 aromatic rings. The topological polar surface area (TPSA) is 65.1 Å². The van der Waals surface area contributed by atoms with Gasteiger partial charge in [-0.2, -0.15) is 0 Å². The van der Waals surface area contributed by atoms with Gasteiger partial charge in [-0.3, -0.25) is 9.69 Å². The molecule has 1 heterocycles. The Morgan fingerprint density at radius 2 is 2.00 bits per heavy atom. The van der Waals surface area contributed by atoms with Crippen LogP contribution in [0.2, 0.25) is 0 Å². The summed E-state index contributed by atoms with van der Waals surface area (Å²) in [5, 5.41) is 0. The lowest BCUT2D eigenvalue weighted by Gasteiger charge is -2.36. The van der Waals surface area contributed by atoms with Crippen LogP contribution >= 0.6 is 0 Å². The van der Waals surface area contributed by atoms with Gasteiger partial charge in [-0.05, 0) is 34.6 Å². The van der Waals surface area contributed by atoms with Crippen molar-refractivity contribution in [2.45, 2.75) is 65.0 Å². The van der Waals surface area contributed by atoms with Crippen molar-refractivity contribution in [1.82, 2.24) is 4.90 Å². The largest absolute Gasteiger partial charge is 0.447 e. The Balaban J connectivity index is 3.01. The lowest BCUT2D eigenvalue weighted by Crippen LogP contribution is -2.53. The molecule has 0 spiro atoms. The number of esters is 1. The summed E-state index contributed by atoms with van der Waals surface area (Å²) in [4.78, 5) is 24.9. The van der Waals surface area contributed by atoms with Crippen LogP contribution in [-0.2, 0) is 19.0 Å². The summed E-state index contributed by atoms with van der Waals surface area (Å²) in [5.74, 6) is 1.88. The number of terminal acetylenes is 1. The molecular weight excluding hydrogens is 274 g/mol. The maximum atomic E-state index is 12.4. The molecule has 1 aliphatic heterocycles. The van der Waals surface area contributed by atoms with E-state index in [0.717, 1.165) is 0 Å². The van der Waals surface area contributed by atoms with E-state index >= 15 is 0 Å². The van der Waals surface area contributed by atoms with Crippen LogP contribution in [0, 0.1) is 12.3 Å². The lowest BCUT2D eigenvalue weighted by atomic mass is 10.1. The first-order valence-corrected chi connectivity index (χ1v) is 6.77. The van der Waals surface area contributed by atoms with Crippen molar-refractivity contribution in [3.05, 3.63) is 0 Å². The van der Waals surface area contributed by atoms with E-state index in [9.17, 15) is 9.59 Å². The molecule has 0 aromatic heterocycles. The first kappa shape index (κ1) is 17.3. The molecule has 6 heteroatoms. The minimum Gasteiger partial charge on any atom is -0.447 e. The number of carbonyl (C=O) groups excluding carboxylic acids is 2. The molecule has 0 radical (unpaired) electrons. The second-order valence-electron chi connectivity index (χ2n) is 6.37. The average molecular weight is 297 g/mol. The zero-order valence-corrected chi connectivity index (χ0v) is 13.4. The Morgan fingerprint density at radius 1 is 1.43 bits per heavy atom. The Labute approximate surface area is 125 Å². The van der Waals surface area contributed by atoms with E-state index in [-0.39, 0.29) is 6.61 Å². The molecule has 0 aliphatic carbocycles. The molecule has 0 saturated carbocycles. The summed E-state index contributed by atoms with van der Waals surface area (Å²) in [7, 11) is 0. The van der Waals surface area contributed by atoms with Gasteiger partial charge in [0.1, 0.15) is 17.4 Å². The van der Waals surface area contributed by atoms with E-state index in [4.69, 9.17) is 20.6 Å². The van der Waals surface area contributed by atoms with Gasteiger partial charge in [0.05, 0.1) is 6.61 Å². The minimum absolute atomic E-state index is 0.175. The molecule has 0 aromatic carbocycles. The predicted octanol–water partition coefficient (Wildman–Crippen LogP) is 1.92. The van der Waals surface area contributed by atoms with Gasteiger partial charge in [0.25, 0.3) is 0 Å². The Kier molecular flexibility index (Phi) is 4.90. The number of nitrogens with zero attached hydrogens (tertiary/aromatic N) is 1. The van der Waals surface area contributed by atoms with Crippen molar-refractivity contribution in [3.8, 4) is 12.3 Å². The molecule has 1 saturated heterocycles. The molecule has 0 unspecified atom stereocenters. The highest BCUT2D eigenvalue weighted by molar-refractivity contribution is 5.70. The Hall–Kier alpha value is -1.74. The van der Waals surface area contributed by atoms with Gasteiger partial charge in [-0.25, -0.2) is 4.79 Å². The minimum atomic E-state index is -0.887. The van der Waals surface area contributed by atoms with Crippen LogP contribution in [0.3, 0.4) is 0 Å². The highest BCUT2D eigenvalue weighted by Gasteiger charge is 2.49. The molecular formula is C15H23NO5. The van der Waals surface area contributed by atoms with Gasteiger partial charge in [0, 0.05) is 6.92 Å². The molecule has 1 aliphatic rings. The molecule has 118 valence electrons. The van der Waals surface area contributed by atoms with Gasteiger partial charge in [0.15, 0.2) is 6.10 Å². The molecule has 1 fully saturated rings. The average Bonchev–Trinajstić information content (AvgIpc) is 2.59. The van der Waals surface area contributed by atoms with Crippen molar-refractivity contribution < 1.29 is 23.8 Å². The number of amides is 1. The third kappa shape index (κ3) is 4.36. The quantitative estimate of drug-likeness (QED) is 0.575. The van der Waals surface area contributed by atoms with Crippen molar-refractivity contribution in [1.29, 1.82) is 0 Å². The Bertz CT molecular complexity index is 458. The maximum Gasteiger partial charge on any atom is 0.413 e. The summed E-state index contributed by atoms with van der Waals surface area (Å²) < 4.78 is 16.1. The van der Waals surface area contributed by atoms with Crippen molar-refractivity contribution in [2.24, 2.45) is 0 Å². The highest BCUT2D eigenvalue weighted by Crippen LogP contribution is 2.31. The van der Waals surface area contributed by atoms with Crippen molar-refractivity contribution in [3.63, 3.8) is 0 Å². The molecule has 1 rings (SSSR count). The first-order chi connectivity index (χ1) is 9.48. The van der Waals surface area contributed by atoms with E-state index in [1.54, 1.807) is 34.6 Å². The van der Waals surface area contributed by atoms with Crippen molar-refractivity contribution in [2.75, 3.05) is 6.61 Å². The van der Waals surface area contributed by atoms with Crippen LogP contribution in [0.5, 0.6) is 0 Å². The number of hydrogen-bond acceptors (Lipinski definition) is 5.